The predicted octanol–water partition coefficient (Wildman–Crippen LogP) is 5.04. The average molecular weight is 388 g/mol. The molecule has 0 bridgehead atoms. The van der Waals surface area contributed by atoms with Crippen LogP contribution in [0, 0.1) is 0 Å². The molecule has 0 atom stereocenters. The van der Waals surface area contributed by atoms with E-state index in [1.807, 2.05) is 33.9 Å². The molecule has 1 aliphatic carbocycles. The number of hydrogen-bond donors (Lipinski definition) is 0. The third-order valence-corrected chi connectivity index (χ3v) is 5.59. The number of thiophene rings is 1. The van der Waals surface area contributed by atoms with Crippen LogP contribution in [0.15, 0.2) is 45.5 Å². The molecule has 0 saturated heterocycles. The highest BCUT2D eigenvalue weighted by Crippen LogP contribution is 2.28. The molecule has 3 aromatic rings. The first-order valence-corrected chi connectivity index (χ1v) is 9.94. The molecule has 1 saturated carbocycles. The lowest BCUT2D eigenvalue weighted by atomic mass is 10.1. The predicted molar refractivity (Wildman–Crippen MR) is 101 cm³/mol. The first kappa shape index (κ1) is 17.2. The highest BCUT2D eigenvalue weighted by molar-refractivity contribution is 7.08. The maximum atomic E-state index is 12.9. The van der Waals surface area contributed by atoms with E-state index < -0.39 is 0 Å². The van der Waals surface area contributed by atoms with Gasteiger partial charge in [0.2, 0.25) is 11.8 Å². The fraction of sp³-hybridized carbons (Fsp3) is 0.316. The zero-order chi connectivity index (χ0) is 17.9. The SMILES string of the molecule is O=C(c1ccsc1)N(Cc1nnc(-c2ccc(Cl)cc2)o1)C1CCCC1. The van der Waals surface area contributed by atoms with E-state index in [0.717, 1.165) is 36.8 Å². The highest BCUT2D eigenvalue weighted by atomic mass is 35.5. The van der Waals surface area contributed by atoms with Gasteiger partial charge < -0.3 is 9.32 Å². The Labute approximate surface area is 160 Å². The van der Waals surface area contributed by atoms with Crippen LogP contribution in [0.5, 0.6) is 0 Å². The zero-order valence-corrected chi connectivity index (χ0v) is 15.7. The Hall–Kier alpha value is -2.18. The smallest absolute Gasteiger partial charge is 0.255 e. The monoisotopic (exact) mass is 387 g/mol. The van der Waals surface area contributed by atoms with Crippen molar-refractivity contribution in [2.45, 2.75) is 38.3 Å². The van der Waals surface area contributed by atoms with Gasteiger partial charge in [0.25, 0.3) is 5.91 Å². The van der Waals surface area contributed by atoms with Crippen molar-refractivity contribution in [3.8, 4) is 11.5 Å². The molecule has 1 fully saturated rings. The fourth-order valence-corrected chi connectivity index (χ4v) is 4.06. The number of carbonyl (C=O) groups is 1. The van der Waals surface area contributed by atoms with Gasteiger partial charge in [0, 0.05) is 22.0 Å². The Morgan fingerprint density at radius 1 is 1.19 bits per heavy atom. The van der Waals surface area contributed by atoms with Gasteiger partial charge in [0.05, 0.1) is 12.1 Å². The number of aromatic nitrogens is 2. The average Bonchev–Trinajstić information content (AvgIpc) is 3.42. The fourth-order valence-electron chi connectivity index (χ4n) is 3.31. The standard InChI is InChI=1S/C19H18ClN3O2S/c20-15-7-5-13(6-8-15)18-22-21-17(25-18)11-23(16-3-1-2-4-16)19(24)14-9-10-26-12-14/h5-10,12,16H,1-4,11H2. The minimum atomic E-state index is 0.0318. The number of nitrogens with zero attached hydrogens (tertiary/aromatic N) is 3. The maximum absolute atomic E-state index is 12.9. The molecule has 134 valence electrons. The summed E-state index contributed by atoms with van der Waals surface area (Å²) in [5.41, 5.74) is 1.53. The maximum Gasteiger partial charge on any atom is 0.255 e. The van der Waals surface area contributed by atoms with Crippen LogP contribution in [-0.4, -0.2) is 27.0 Å². The summed E-state index contributed by atoms with van der Waals surface area (Å²) in [6, 6.07) is 9.34. The summed E-state index contributed by atoms with van der Waals surface area (Å²) in [4.78, 5) is 14.8. The molecule has 1 aromatic carbocycles. The molecule has 1 aliphatic rings. The van der Waals surface area contributed by atoms with Crippen LogP contribution in [0.3, 0.4) is 0 Å². The molecular weight excluding hydrogens is 370 g/mol. The lowest BCUT2D eigenvalue weighted by Gasteiger charge is -2.27. The molecule has 0 N–H and O–H groups in total. The molecule has 26 heavy (non-hydrogen) atoms. The van der Waals surface area contributed by atoms with Crippen LogP contribution in [0.2, 0.25) is 5.02 Å². The molecule has 7 heteroatoms. The van der Waals surface area contributed by atoms with Crippen molar-refractivity contribution in [1.29, 1.82) is 0 Å². The Bertz CT molecular complexity index is 871. The lowest BCUT2D eigenvalue weighted by Crippen LogP contribution is -2.38. The van der Waals surface area contributed by atoms with E-state index in [0.29, 0.717) is 23.3 Å². The van der Waals surface area contributed by atoms with Crippen molar-refractivity contribution in [3.63, 3.8) is 0 Å². The quantitative estimate of drug-likeness (QED) is 0.615. The van der Waals surface area contributed by atoms with Gasteiger partial charge in [-0.05, 0) is 48.6 Å². The van der Waals surface area contributed by atoms with Crippen molar-refractivity contribution in [1.82, 2.24) is 15.1 Å². The molecule has 2 heterocycles. The minimum absolute atomic E-state index is 0.0318. The molecule has 1 amide bonds. The minimum Gasteiger partial charge on any atom is -0.419 e. The molecule has 5 nitrogen and oxygen atoms in total. The van der Waals surface area contributed by atoms with E-state index in [2.05, 4.69) is 10.2 Å². The van der Waals surface area contributed by atoms with Crippen molar-refractivity contribution in [2.75, 3.05) is 0 Å². The van der Waals surface area contributed by atoms with E-state index in [1.54, 1.807) is 12.1 Å². The lowest BCUT2D eigenvalue weighted by molar-refractivity contribution is 0.0645. The Balaban J connectivity index is 1.56. The summed E-state index contributed by atoms with van der Waals surface area (Å²) in [7, 11) is 0. The summed E-state index contributed by atoms with van der Waals surface area (Å²) in [6.45, 7) is 0.333. The van der Waals surface area contributed by atoms with Crippen molar-refractivity contribution >= 4 is 28.8 Å². The molecule has 0 unspecified atom stereocenters. The van der Waals surface area contributed by atoms with Gasteiger partial charge in [-0.1, -0.05) is 24.4 Å². The third kappa shape index (κ3) is 3.66. The second-order valence-electron chi connectivity index (χ2n) is 6.39. The first-order valence-electron chi connectivity index (χ1n) is 8.62. The van der Waals surface area contributed by atoms with Crippen molar-refractivity contribution < 1.29 is 9.21 Å². The number of rotatable bonds is 5. The third-order valence-electron chi connectivity index (χ3n) is 4.66. The van der Waals surface area contributed by atoms with E-state index in [4.69, 9.17) is 16.0 Å². The van der Waals surface area contributed by atoms with Crippen LogP contribution in [0.25, 0.3) is 11.5 Å². The van der Waals surface area contributed by atoms with Crippen LogP contribution >= 0.6 is 22.9 Å². The van der Waals surface area contributed by atoms with Gasteiger partial charge in [-0.3, -0.25) is 4.79 Å². The summed E-state index contributed by atoms with van der Waals surface area (Å²) in [5, 5.41) is 12.7. The van der Waals surface area contributed by atoms with Gasteiger partial charge in [0.1, 0.15) is 0 Å². The van der Waals surface area contributed by atoms with Crippen LogP contribution in [0.4, 0.5) is 0 Å². The molecule has 4 rings (SSSR count). The highest BCUT2D eigenvalue weighted by Gasteiger charge is 2.29. The molecule has 2 aromatic heterocycles. The van der Waals surface area contributed by atoms with Gasteiger partial charge in [-0.25, -0.2) is 0 Å². The molecule has 0 spiro atoms. The normalized spacial score (nSPS) is 14.7. The van der Waals surface area contributed by atoms with E-state index in [9.17, 15) is 4.79 Å². The second kappa shape index (κ2) is 7.60. The summed E-state index contributed by atoms with van der Waals surface area (Å²) in [5.74, 6) is 0.917. The van der Waals surface area contributed by atoms with Gasteiger partial charge >= 0.3 is 0 Å². The summed E-state index contributed by atoms with van der Waals surface area (Å²) < 4.78 is 5.81. The topological polar surface area (TPSA) is 59.2 Å². The molecule has 0 aliphatic heterocycles. The molecule has 0 radical (unpaired) electrons. The Morgan fingerprint density at radius 3 is 2.65 bits per heavy atom. The largest absolute Gasteiger partial charge is 0.419 e. The van der Waals surface area contributed by atoms with Crippen LogP contribution in [-0.2, 0) is 6.54 Å². The second-order valence-corrected chi connectivity index (χ2v) is 7.61. The first-order chi connectivity index (χ1) is 12.7. The Morgan fingerprint density at radius 2 is 1.96 bits per heavy atom. The van der Waals surface area contributed by atoms with Crippen molar-refractivity contribution in [2.24, 2.45) is 0 Å². The van der Waals surface area contributed by atoms with E-state index in [-0.39, 0.29) is 11.9 Å². The van der Waals surface area contributed by atoms with Crippen LogP contribution in [0.1, 0.15) is 41.9 Å². The summed E-state index contributed by atoms with van der Waals surface area (Å²) >= 11 is 7.45. The molecular formula is C19H18ClN3O2S. The number of carbonyl (C=O) groups excluding carboxylic acids is 1. The number of amides is 1. The van der Waals surface area contributed by atoms with E-state index in [1.165, 1.54) is 11.3 Å². The number of halogens is 1. The Kier molecular flexibility index (Phi) is 5.04. The van der Waals surface area contributed by atoms with Gasteiger partial charge in [-0.15, -0.1) is 10.2 Å². The van der Waals surface area contributed by atoms with Crippen LogP contribution < -0.4 is 0 Å². The zero-order valence-electron chi connectivity index (χ0n) is 14.1. The van der Waals surface area contributed by atoms with E-state index >= 15 is 0 Å². The number of hydrogen-bond acceptors (Lipinski definition) is 5. The summed E-state index contributed by atoms with van der Waals surface area (Å²) in [6.07, 6.45) is 4.35. The van der Waals surface area contributed by atoms with Gasteiger partial charge in [-0.2, -0.15) is 11.3 Å². The van der Waals surface area contributed by atoms with Gasteiger partial charge in [0.15, 0.2) is 0 Å². The number of benzene rings is 1. The van der Waals surface area contributed by atoms with Crippen molar-refractivity contribution in [3.05, 3.63) is 57.6 Å².